The zero-order valence-electron chi connectivity index (χ0n) is 26.1. The molecule has 11 N–H and O–H groups in total. The van der Waals surface area contributed by atoms with Gasteiger partial charge in [0.15, 0.2) is 25.2 Å². The first-order valence-electron chi connectivity index (χ1n) is 15.2. The Hall–Kier alpha value is -1.25. The minimum absolute atomic E-state index is 0.600. The number of rotatable bonds is 10. The van der Waals surface area contributed by atoms with E-state index in [0.717, 1.165) is 0 Å². The van der Waals surface area contributed by atoms with Crippen molar-refractivity contribution in [2.24, 2.45) is 0 Å². The van der Waals surface area contributed by atoms with Crippen LogP contribution >= 0.6 is 0 Å². The second-order valence-electron chi connectivity index (χ2n) is 12.1. The number of carbonyl (C=O) groups is 1. The van der Waals surface area contributed by atoms with Gasteiger partial charge in [-0.3, -0.25) is 4.79 Å². The molecule has 4 saturated heterocycles. The average molecular weight is 690 g/mol. The molecule has 4 aliphatic rings. The molecule has 0 unspecified atom stereocenters. The van der Waals surface area contributed by atoms with Crippen LogP contribution < -0.4 is 5.32 Å². The van der Waals surface area contributed by atoms with Crippen LogP contribution in [0, 0.1) is 0 Å². The number of aliphatic hydroxyl groups excluding tert-OH is 10. The minimum atomic E-state index is -1.89. The van der Waals surface area contributed by atoms with E-state index in [2.05, 4.69) is 5.32 Å². The molecule has 0 spiro atoms. The van der Waals surface area contributed by atoms with Crippen molar-refractivity contribution >= 4 is 5.91 Å². The maximum absolute atomic E-state index is 12.3. The molecular weight excluding hydrogens is 642 g/mol. The highest BCUT2D eigenvalue weighted by atomic mass is 16.8. The maximum Gasteiger partial charge on any atom is 0.217 e. The number of carbonyl (C=O) groups excluding carboxylic acids is 1. The smallest absolute Gasteiger partial charge is 0.217 e. The monoisotopic (exact) mass is 689 g/mol. The molecule has 0 radical (unpaired) electrons. The second-order valence-corrected chi connectivity index (χ2v) is 12.1. The number of hydrogen-bond acceptors (Lipinski definition) is 19. The van der Waals surface area contributed by atoms with Crippen molar-refractivity contribution < 1.29 is 93.8 Å². The van der Waals surface area contributed by atoms with Crippen molar-refractivity contribution in [1.29, 1.82) is 0 Å². The lowest BCUT2D eigenvalue weighted by Crippen LogP contribution is -2.70. The van der Waals surface area contributed by atoms with Crippen LogP contribution in [0.4, 0.5) is 0 Å². The SMILES string of the molecule is CO[C@@H]1O[C@H](CO)[C@@H](O[C@@H]2O[C@H](CO)[C@H](O)[C@H](O)[C@H]2O[C@H]2O[C@H](C)[C@H](O)[C@H](O)[C@H]2O)[C@H](O[C@H]2O[C@H](C)[C@H](O)[C@H](O)[C@H]2O)[C@H]1NC(C)=O. The van der Waals surface area contributed by atoms with E-state index in [-0.39, 0.29) is 0 Å². The molecule has 274 valence electrons. The summed E-state index contributed by atoms with van der Waals surface area (Å²) in [7, 11) is 1.24. The van der Waals surface area contributed by atoms with Crippen LogP contribution in [0.3, 0.4) is 0 Å². The highest BCUT2D eigenvalue weighted by molar-refractivity contribution is 5.73. The average Bonchev–Trinajstić information content (AvgIpc) is 3.04. The Kier molecular flexibility index (Phi) is 13.3. The first-order valence-corrected chi connectivity index (χ1v) is 15.2. The van der Waals surface area contributed by atoms with E-state index >= 15 is 0 Å². The van der Waals surface area contributed by atoms with E-state index in [9.17, 15) is 55.9 Å². The molecular formula is C27H47NO19. The van der Waals surface area contributed by atoms with Crippen molar-refractivity contribution in [2.75, 3.05) is 20.3 Å². The molecule has 0 saturated carbocycles. The van der Waals surface area contributed by atoms with E-state index in [4.69, 9.17) is 37.9 Å². The standard InChI is InChI=1S/C27H47NO19/c1-7-13(32)16(35)19(38)25(41-7)46-22-12(28-9(3)31)24(40-4)44-11(6-30)21(22)45-27-23(18(37)15(34)10(5-29)43-27)47-26-20(39)17(36)14(33)8(2)42-26/h7-8,10-27,29-30,32-39H,5-6H2,1-4H3,(H,28,31)/t7-,8-,10-,11-,12-,13+,14+,15+,16+,17+,18+,19-,20-,21-,22-,23-,24-,25-,26-,27+/m1/s1. The van der Waals surface area contributed by atoms with E-state index in [1.807, 2.05) is 0 Å². The molecule has 20 atom stereocenters. The molecule has 0 aromatic heterocycles. The topological polar surface area (TPSA) is 305 Å². The molecule has 0 aliphatic carbocycles. The number of ether oxygens (including phenoxy) is 8. The van der Waals surface area contributed by atoms with Gasteiger partial charge in [0.2, 0.25) is 5.91 Å². The van der Waals surface area contributed by atoms with Gasteiger partial charge in [0.1, 0.15) is 85.4 Å². The Morgan fingerprint density at radius 2 is 1.04 bits per heavy atom. The molecule has 0 aromatic carbocycles. The fourth-order valence-corrected chi connectivity index (χ4v) is 5.99. The number of nitrogens with one attached hydrogen (secondary N) is 1. The summed E-state index contributed by atoms with van der Waals surface area (Å²) in [6.07, 6.45) is -29.9. The summed E-state index contributed by atoms with van der Waals surface area (Å²) in [6, 6.07) is -1.27. The Morgan fingerprint density at radius 3 is 1.51 bits per heavy atom. The third-order valence-corrected chi connectivity index (χ3v) is 8.74. The first-order chi connectivity index (χ1) is 22.1. The van der Waals surface area contributed by atoms with Gasteiger partial charge in [-0.25, -0.2) is 0 Å². The van der Waals surface area contributed by atoms with Crippen molar-refractivity contribution in [3.63, 3.8) is 0 Å². The number of hydrogen-bond donors (Lipinski definition) is 11. The summed E-state index contributed by atoms with van der Waals surface area (Å²) >= 11 is 0. The number of amides is 1. The lowest BCUT2D eigenvalue weighted by molar-refractivity contribution is -0.392. The van der Waals surface area contributed by atoms with Crippen LogP contribution in [0.5, 0.6) is 0 Å². The second kappa shape index (κ2) is 16.2. The van der Waals surface area contributed by atoms with Gasteiger partial charge in [0, 0.05) is 14.0 Å². The quantitative estimate of drug-likeness (QED) is 0.102. The van der Waals surface area contributed by atoms with Crippen LogP contribution in [-0.2, 0) is 42.7 Å². The summed E-state index contributed by atoms with van der Waals surface area (Å²) < 4.78 is 46.0. The number of aliphatic hydroxyl groups is 10. The summed E-state index contributed by atoms with van der Waals surface area (Å²) in [5.74, 6) is -0.600. The van der Waals surface area contributed by atoms with Crippen molar-refractivity contribution in [3.8, 4) is 0 Å². The van der Waals surface area contributed by atoms with Gasteiger partial charge in [-0.2, -0.15) is 0 Å². The van der Waals surface area contributed by atoms with Crippen molar-refractivity contribution in [2.45, 2.75) is 144 Å². The fourth-order valence-electron chi connectivity index (χ4n) is 5.99. The van der Waals surface area contributed by atoms with Crippen molar-refractivity contribution in [1.82, 2.24) is 5.32 Å². The molecule has 4 heterocycles. The number of methoxy groups -OCH3 is 1. The first kappa shape index (κ1) is 38.6. The van der Waals surface area contributed by atoms with Crippen molar-refractivity contribution in [3.05, 3.63) is 0 Å². The Bertz CT molecular complexity index is 1010. The Morgan fingerprint density at radius 1 is 0.574 bits per heavy atom. The fraction of sp³-hybridized carbons (Fsp3) is 0.963. The zero-order chi connectivity index (χ0) is 34.9. The highest BCUT2D eigenvalue weighted by Crippen LogP contribution is 2.35. The molecule has 4 aliphatic heterocycles. The molecule has 47 heavy (non-hydrogen) atoms. The molecule has 4 fully saturated rings. The van der Waals surface area contributed by atoms with Gasteiger partial charge < -0.3 is 94.3 Å². The summed E-state index contributed by atoms with van der Waals surface area (Å²) in [5.41, 5.74) is 0. The van der Waals surface area contributed by atoms with E-state index in [1.165, 1.54) is 27.9 Å². The third kappa shape index (κ3) is 8.06. The van der Waals surface area contributed by atoms with E-state index < -0.39 is 142 Å². The molecule has 0 bridgehead atoms. The molecule has 0 aromatic rings. The molecule has 4 rings (SSSR count). The highest BCUT2D eigenvalue weighted by Gasteiger charge is 2.56. The van der Waals surface area contributed by atoms with E-state index in [0.29, 0.717) is 0 Å². The van der Waals surface area contributed by atoms with Crippen LogP contribution in [0.1, 0.15) is 20.8 Å². The van der Waals surface area contributed by atoms with Gasteiger partial charge in [-0.1, -0.05) is 0 Å². The lowest BCUT2D eigenvalue weighted by Gasteiger charge is -2.50. The van der Waals surface area contributed by atoms with Gasteiger partial charge in [-0.15, -0.1) is 0 Å². The summed E-state index contributed by atoms with van der Waals surface area (Å²) in [4.78, 5) is 12.3. The van der Waals surface area contributed by atoms with Gasteiger partial charge in [0.25, 0.3) is 0 Å². The molecule has 20 nitrogen and oxygen atoms in total. The predicted molar refractivity (Wildman–Crippen MR) is 147 cm³/mol. The zero-order valence-corrected chi connectivity index (χ0v) is 26.1. The molecule has 1 amide bonds. The van der Waals surface area contributed by atoms with Crippen LogP contribution in [-0.4, -0.2) is 200 Å². The summed E-state index contributed by atoms with van der Waals surface area (Å²) in [5, 5.41) is 107. The van der Waals surface area contributed by atoms with Crippen LogP contribution in [0.2, 0.25) is 0 Å². The maximum atomic E-state index is 12.3. The van der Waals surface area contributed by atoms with Crippen LogP contribution in [0.15, 0.2) is 0 Å². The summed E-state index contributed by atoms with van der Waals surface area (Å²) in [6.45, 7) is 2.37. The largest absolute Gasteiger partial charge is 0.394 e. The minimum Gasteiger partial charge on any atom is -0.394 e. The lowest BCUT2D eigenvalue weighted by atomic mass is 9.94. The van der Waals surface area contributed by atoms with Gasteiger partial charge in [0.05, 0.1) is 25.4 Å². The van der Waals surface area contributed by atoms with Gasteiger partial charge >= 0.3 is 0 Å². The third-order valence-electron chi connectivity index (χ3n) is 8.74. The normalized spacial score (nSPS) is 51.0. The van der Waals surface area contributed by atoms with E-state index in [1.54, 1.807) is 0 Å². The Balaban J connectivity index is 1.70. The van der Waals surface area contributed by atoms with Crippen LogP contribution in [0.25, 0.3) is 0 Å². The Labute approximate surface area is 269 Å². The molecule has 20 heteroatoms. The van der Waals surface area contributed by atoms with Gasteiger partial charge in [-0.05, 0) is 13.8 Å². The predicted octanol–water partition coefficient (Wildman–Crippen LogP) is -6.90.